The van der Waals surface area contributed by atoms with Crippen LogP contribution in [-0.4, -0.2) is 26.2 Å². The molecule has 0 spiro atoms. The van der Waals surface area contributed by atoms with Crippen LogP contribution >= 0.6 is 0 Å². The molecule has 4 heteroatoms. The molecule has 0 bridgehead atoms. The lowest BCUT2D eigenvalue weighted by molar-refractivity contribution is 0.184. The molecule has 1 atom stereocenters. The van der Waals surface area contributed by atoms with Gasteiger partial charge in [-0.15, -0.1) is 0 Å². The molecule has 25 heavy (non-hydrogen) atoms. The molecule has 134 valence electrons. The van der Waals surface area contributed by atoms with Crippen LogP contribution in [0.3, 0.4) is 0 Å². The minimum atomic E-state index is 0.348. The van der Waals surface area contributed by atoms with Crippen LogP contribution in [-0.2, 0) is 24.3 Å². The van der Waals surface area contributed by atoms with Gasteiger partial charge in [0.05, 0.1) is 6.61 Å². The van der Waals surface area contributed by atoms with Crippen molar-refractivity contribution in [1.82, 2.24) is 10.6 Å². The van der Waals surface area contributed by atoms with E-state index in [0.717, 1.165) is 25.3 Å². The van der Waals surface area contributed by atoms with Gasteiger partial charge in [-0.2, -0.15) is 0 Å². The average Bonchev–Trinajstić information content (AvgIpc) is 2.65. The maximum absolute atomic E-state index is 5.27. The summed E-state index contributed by atoms with van der Waals surface area (Å²) >= 11 is 0. The molecule has 0 aromatic heterocycles. The molecule has 0 aliphatic heterocycles. The second kappa shape index (κ2) is 10.5. The molecule has 0 heterocycles. The monoisotopic (exact) mass is 339 g/mol. The Morgan fingerprint density at radius 1 is 1.04 bits per heavy atom. The first-order valence-corrected chi connectivity index (χ1v) is 8.79. The molecule has 0 saturated heterocycles. The van der Waals surface area contributed by atoms with Crippen LogP contribution in [0.15, 0.2) is 59.6 Å². The highest BCUT2D eigenvalue weighted by molar-refractivity contribution is 5.79. The van der Waals surface area contributed by atoms with Crippen LogP contribution in [0.5, 0.6) is 0 Å². The van der Waals surface area contributed by atoms with E-state index < -0.39 is 0 Å². The van der Waals surface area contributed by atoms with Gasteiger partial charge in [0.1, 0.15) is 0 Å². The first-order valence-electron chi connectivity index (χ1n) is 8.79. The smallest absolute Gasteiger partial charge is 0.191 e. The number of ether oxygens (including phenoxy) is 1. The zero-order valence-electron chi connectivity index (χ0n) is 15.5. The van der Waals surface area contributed by atoms with Gasteiger partial charge in [0, 0.05) is 26.7 Å². The third-order valence-electron chi connectivity index (χ3n) is 4.18. The van der Waals surface area contributed by atoms with E-state index in [1.165, 1.54) is 16.7 Å². The van der Waals surface area contributed by atoms with Crippen LogP contribution < -0.4 is 10.6 Å². The normalized spacial score (nSPS) is 12.7. The van der Waals surface area contributed by atoms with Gasteiger partial charge in [-0.05, 0) is 36.5 Å². The molecule has 0 aliphatic carbocycles. The Morgan fingerprint density at radius 2 is 1.72 bits per heavy atom. The fraction of sp³-hybridized carbons (Fsp3) is 0.381. The summed E-state index contributed by atoms with van der Waals surface area (Å²) in [6, 6.07) is 19.2. The molecule has 2 aromatic carbocycles. The highest BCUT2D eigenvalue weighted by atomic mass is 16.5. The van der Waals surface area contributed by atoms with Crippen molar-refractivity contribution in [2.45, 2.75) is 39.0 Å². The van der Waals surface area contributed by atoms with Gasteiger partial charge in [0.25, 0.3) is 0 Å². The summed E-state index contributed by atoms with van der Waals surface area (Å²) in [7, 11) is 3.53. The third-order valence-corrected chi connectivity index (χ3v) is 4.18. The predicted octanol–water partition coefficient (Wildman–Crippen LogP) is 3.52. The van der Waals surface area contributed by atoms with Crippen molar-refractivity contribution in [3.8, 4) is 0 Å². The van der Waals surface area contributed by atoms with Crippen molar-refractivity contribution in [2.24, 2.45) is 4.99 Å². The standard InChI is InChI=1S/C21H29N3O/c1-17(13-14-18-9-5-4-6-10-18)24-21(22-2)23-15-19-11-7-8-12-20(19)16-25-3/h4-12,17H,13-16H2,1-3H3,(H2,22,23,24). The minimum Gasteiger partial charge on any atom is -0.380 e. The van der Waals surface area contributed by atoms with Gasteiger partial charge < -0.3 is 15.4 Å². The number of rotatable bonds is 8. The number of methoxy groups -OCH3 is 1. The van der Waals surface area contributed by atoms with E-state index in [1.54, 1.807) is 14.2 Å². The Labute approximate surface area is 151 Å². The van der Waals surface area contributed by atoms with E-state index in [-0.39, 0.29) is 0 Å². The number of aliphatic imine (C=N–C) groups is 1. The number of guanidine groups is 1. The number of hydrogen-bond acceptors (Lipinski definition) is 2. The van der Waals surface area contributed by atoms with Crippen molar-refractivity contribution in [3.63, 3.8) is 0 Å². The summed E-state index contributed by atoms with van der Waals surface area (Å²) in [6.45, 7) is 3.54. The van der Waals surface area contributed by atoms with Gasteiger partial charge in [0.2, 0.25) is 0 Å². The summed E-state index contributed by atoms with van der Waals surface area (Å²) in [4.78, 5) is 4.34. The molecule has 4 nitrogen and oxygen atoms in total. The van der Waals surface area contributed by atoms with E-state index >= 15 is 0 Å². The van der Waals surface area contributed by atoms with Crippen molar-refractivity contribution in [2.75, 3.05) is 14.2 Å². The molecule has 0 fully saturated rings. The number of aryl methyl sites for hydroxylation is 1. The fourth-order valence-corrected chi connectivity index (χ4v) is 2.73. The van der Waals surface area contributed by atoms with Crippen molar-refractivity contribution in [1.29, 1.82) is 0 Å². The molecule has 2 aromatic rings. The Morgan fingerprint density at radius 3 is 2.40 bits per heavy atom. The van der Waals surface area contributed by atoms with Gasteiger partial charge in [-0.1, -0.05) is 54.6 Å². The highest BCUT2D eigenvalue weighted by Gasteiger charge is 2.07. The molecule has 2 rings (SSSR count). The highest BCUT2D eigenvalue weighted by Crippen LogP contribution is 2.09. The summed E-state index contributed by atoms with van der Waals surface area (Å²) < 4.78 is 5.27. The average molecular weight is 339 g/mol. The first kappa shape index (κ1) is 19.0. The number of hydrogen-bond donors (Lipinski definition) is 2. The second-order valence-corrected chi connectivity index (χ2v) is 6.20. The van der Waals surface area contributed by atoms with Crippen molar-refractivity contribution < 1.29 is 4.74 Å². The van der Waals surface area contributed by atoms with E-state index in [0.29, 0.717) is 12.6 Å². The molecule has 0 saturated carbocycles. The van der Waals surface area contributed by atoms with Crippen molar-refractivity contribution >= 4 is 5.96 Å². The van der Waals surface area contributed by atoms with Crippen LogP contribution in [0, 0.1) is 0 Å². The zero-order valence-corrected chi connectivity index (χ0v) is 15.5. The Kier molecular flexibility index (Phi) is 7.99. The molecule has 0 radical (unpaired) electrons. The molecule has 0 amide bonds. The molecular formula is C21H29N3O. The topological polar surface area (TPSA) is 45.7 Å². The largest absolute Gasteiger partial charge is 0.380 e. The Balaban J connectivity index is 1.82. The van der Waals surface area contributed by atoms with Crippen LogP contribution in [0.25, 0.3) is 0 Å². The van der Waals surface area contributed by atoms with E-state index in [1.807, 2.05) is 6.07 Å². The van der Waals surface area contributed by atoms with Gasteiger partial charge >= 0.3 is 0 Å². The number of nitrogens with zero attached hydrogens (tertiary/aromatic N) is 1. The van der Waals surface area contributed by atoms with Gasteiger partial charge in [0.15, 0.2) is 5.96 Å². The maximum atomic E-state index is 5.27. The summed E-state index contributed by atoms with van der Waals surface area (Å²) in [5.74, 6) is 0.827. The van der Waals surface area contributed by atoms with Gasteiger partial charge in [-0.25, -0.2) is 0 Å². The van der Waals surface area contributed by atoms with E-state index in [4.69, 9.17) is 4.74 Å². The lowest BCUT2D eigenvalue weighted by atomic mass is 10.1. The summed E-state index contributed by atoms with van der Waals surface area (Å²) in [5.41, 5.74) is 3.79. The molecule has 0 aliphatic rings. The first-order chi connectivity index (χ1) is 12.2. The molecule has 2 N–H and O–H groups in total. The van der Waals surface area contributed by atoms with E-state index in [2.05, 4.69) is 71.1 Å². The van der Waals surface area contributed by atoms with Gasteiger partial charge in [-0.3, -0.25) is 4.99 Å². The lowest BCUT2D eigenvalue weighted by Gasteiger charge is -2.19. The number of nitrogens with one attached hydrogen (secondary N) is 2. The quantitative estimate of drug-likeness (QED) is 0.571. The second-order valence-electron chi connectivity index (χ2n) is 6.20. The Bertz CT molecular complexity index is 655. The van der Waals surface area contributed by atoms with Crippen LogP contribution in [0.2, 0.25) is 0 Å². The van der Waals surface area contributed by atoms with E-state index in [9.17, 15) is 0 Å². The maximum Gasteiger partial charge on any atom is 0.191 e. The predicted molar refractivity (Wildman–Crippen MR) is 105 cm³/mol. The summed E-state index contributed by atoms with van der Waals surface area (Å²) in [6.07, 6.45) is 2.12. The van der Waals surface area contributed by atoms with Crippen LogP contribution in [0.4, 0.5) is 0 Å². The molecular weight excluding hydrogens is 310 g/mol. The fourth-order valence-electron chi connectivity index (χ4n) is 2.73. The third kappa shape index (κ3) is 6.59. The molecule has 1 unspecified atom stereocenters. The SMILES string of the molecule is CN=C(NCc1ccccc1COC)NC(C)CCc1ccccc1. The minimum absolute atomic E-state index is 0.348. The Hall–Kier alpha value is -2.33. The summed E-state index contributed by atoms with van der Waals surface area (Å²) in [5, 5.41) is 6.86. The lowest BCUT2D eigenvalue weighted by Crippen LogP contribution is -2.42. The van der Waals surface area contributed by atoms with Crippen LogP contribution in [0.1, 0.15) is 30.0 Å². The number of benzene rings is 2. The van der Waals surface area contributed by atoms with Crippen molar-refractivity contribution in [3.05, 3.63) is 71.3 Å². The zero-order chi connectivity index (χ0) is 17.9.